The molecule has 0 saturated heterocycles. The van der Waals surface area contributed by atoms with Crippen LogP contribution in [0.15, 0.2) is 30.3 Å². The number of aromatic amines is 1. The van der Waals surface area contributed by atoms with Gasteiger partial charge in [0.2, 0.25) is 0 Å². The number of rotatable bonds is 4. The average Bonchev–Trinajstić information content (AvgIpc) is 2.81. The van der Waals surface area contributed by atoms with Crippen LogP contribution in [0.5, 0.6) is 0 Å². The Bertz CT molecular complexity index is 650. The van der Waals surface area contributed by atoms with Crippen molar-refractivity contribution >= 4 is 41.1 Å². The number of H-pyrrole nitrogens is 1. The van der Waals surface area contributed by atoms with Crippen LogP contribution in [-0.4, -0.2) is 39.4 Å². The zero-order chi connectivity index (χ0) is 14.7. The van der Waals surface area contributed by atoms with E-state index in [-0.39, 0.29) is 31.1 Å². The first-order valence-corrected chi connectivity index (χ1v) is 5.94. The van der Waals surface area contributed by atoms with Crippen LogP contribution < -0.4 is 5.73 Å². The van der Waals surface area contributed by atoms with Crippen molar-refractivity contribution in [3.63, 3.8) is 0 Å². The van der Waals surface area contributed by atoms with Crippen LogP contribution in [0.3, 0.4) is 0 Å². The minimum Gasteiger partial charge on any atom is -0.481 e. The number of para-hydroxylation sites is 1. The third-order valence-electron chi connectivity index (χ3n) is 2.85. The molecular formula is C13H15ClN4O3. The minimum atomic E-state index is -1.05. The molecule has 0 radical (unpaired) electrons. The fourth-order valence-electron chi connectivity index (χ4n) is 1.87. The molecule has 0 saturated carbocycles. The predicted octanol–water partition coefficient (Wildman–Crippen LogP) is 1.40. The highest BCUT2D eigenvalue weighted by Crippen LogP contribution is 2.16. The number of carbonyl (C=O) groups is 2. The molecule has 1 aromatic carbocycles. The van der Waals surface area contributed by atoms with Gasteiger partial charge in [0, 0.05) is 17.4 Å². The third kappa shape index (κ3) is 3.73. The number of carbonyl (C=O) groups excluding carboxylic acids is 1. The summed E-state index contributed by atoms with van der Waals surface area (Å²) in [4.78, 5) is 26.7. The van der Waals surface area contributed by atoms with Crippen molar-refractivity contribution in [2.75, 3.05) is 6.54 Å². The summed E-state index contributed by atoms with van der Waals surface area (Å²) >= 11 is 0. The van der Waals surface area contributed by atoms with Gasteiger partial charge in [-0.15, -0.1) is 12.4 Å². The highest BCUT2D eigenvalue weighted by atomic mass is 35.5. The Balaban J connectivity index is 0.00000220. The number of aliphatic carboxylic acids is 1. The van der Waals surface area contributed by atoms with Crippen molar-refractivity contribution in [1.29, 1.82) is 5.41 Å². The van der Waals surface area contributed by atoms with E-state index in [2.05, 4.69) is 4.98 Å². The number of fused-ring (bicyclic) bond motifs is 1. The number of carboxylic acid groups (broad SMARTS) is 1. The standard InChI is InChI=1S/C13H14N4O3.ClH/c14-13(15)17(6-5-11(18)19)12(20)10-7-8-3-1-2-4-9(8)16-10;/h1-4,7,16H,5-6H2,(H3,14,15)(H,18,19);1H. The number of hydrogen-bond acceptors (Lipinski definition) is 3. The molecule has 7 nitrogen and oxygen atoms in total. The highest BCUT2D eigenvalue weighted by Gasteiger charge is 2.20. The van der Waals surface area contributed by atoms with E-state index in [4.69, 9.17) is 16.2 Å². The summed E-state index contributed by atoms with van der Waals surface area (Å²) in [6.45, 7) is -0.140. The Morgan fingerprint density at radius 1 is 1.33 bits per heavy atom. The van der Waals surface area contributed by atoms with E-state index in [1.807, 2.05) is 24.3 Å². The Hall–Kier alpha value is -2.54. The number of nitrogens with zero attached hydrogens (tertiary/aromatic N) is 1. The van der Waals surface area contributed by atoms with E-state index >= 15 is 0 Å². The van der Waals surface area contributed by atoms with Crippen LogP contribution >= 0.6 is 12.4 Å². The molecule has 5 N–H and O–H groups in total. The average molecular weight is 311 g/mol. The van der Waals surface area contributed by atoms with E-state index in [1.165, 1.54) is 0 Å². The monoisotopic (exact) mass is 310 g/mol. The van der Waals surface area contributed by atoms with Crippen molar-refractivity contribution < 1.29 is 14.7 Å². The summed E-state index contributed by atoms with van der Waals surface area (Å²) in [7, 11) is 0. The molecule has 8 heteroatoms. The predicted molar refractivity (Wildman–Crippen MR) is 80.8 cm³/mol. The zero-order valence-corrected chi connectivity index (χ0v) is 11.8. The van der Waals surface area contributed by atoms with E-state index in [9.17, 15) is 9.59 Å². The molecule has 1 heterocycles. The van der Waals surface area contributed by atoms with Crippen LogP contribution in [0.4, 0.5) is 0 Å². The van der Waals surface area contributed by atoms with Gasteiger partial charge >= 0.3 is 5.97 Å². The summed E-state index contributed by atoms with van der Waals surface area (Å²) in [6.07, 6.45) is -0.272. The molecule has 21 heavy (non-hydrogen) atoms. The fourth-order valence-corrected chi connectivity index (χ4v) is 1.87. The van der Waals surface area contributed by atoms with Crippen molar-refractivity contribution in [3.8, 4) is 0 Å². The summed E-state index contributed by atoms with van der Waals surface area (Å²) in [5.41, 5.74) is 6.40. The van der Waals surface area contributed by atoms with Gasteiger partial charge in [-0.3, -0.25) is 19.9 Å². The van der Waals surface area contributed by atoms with Crippen LogP contribution in [0, 0.1) is 5.41 Å². The van der Waals surface area contributed by atoms with Crippen LogP contribution in [0.1, 0.15) is 16.9 Å². The van der Waals surface area contributed by atoms with Crippen molar-refractivity contribution in [1.82, 2.24) is 9.88 Å². The molecule has 0 fully saturated rings. The highest BCUT2D eigenvalue weighted by molar-refractivity contribution is 6.06. The largest absolute Gasteiger partial charge is 0.481 e. The second-order valence-corrected chi connectivity index (χ2v) is 4.26. The third-order valence-corrected chi connectivity index (χ3v) is 2.85. The minimum absolute atomic E-state index is 0. The maximum atomic E-state index is 12.2. The van der Waals surface area contributed by atoms with Crippen LogP contribution in [0.2, 0.25) is 0 Å². The maximum absolute atomic E-state index is 12.2. The topological polar surface area (TPSA) is 123 Å². The summed E-state index contributed by atoms with van der Waals surface area (Å²) < 4.78 is 0. The SMILES string of the molecule is Cl.N=C(N)N(CCC(=O)O)C(=O)c1cc2ccccc2[nH]1. The molecule has 0 unspecified atom stereocenters. The Kier molecular flexibility index (Phi) is 5.31. The lowest BCUT2D eigenvalue weighted by atomic mass is 10.2. The Morgan fingerprint density at radius 2 is 2.00 bits per heavy atom. The number of halogens is 1. The van der Waals surface area contributed by atoms with Gasteiger partial charge in [0.05, 0.1) is 6.42 Å². The van der Waals surface area contributed by atoms with Gasteiger partial charge in [0.25, 0.3) is 5.91 Å². The molecular weight excluding hydrogens is 296 g/mol. The van der Waals surface area contributed by atoms with E-state index in [0.29, 0.717) is 0 Å². The van der Waals surface area contributed by atoms with E-state index < -0.39 is 17.8 Å². The second-order valence-electron chi connectivity index (χ2n) is 4.26. The first-order chi connectivity index (χ1) is 9.49. The molecule has 0 atom stereocenters. The first-order valence-electron chi connectivity index (χ1n) is 5.94. The van der Waals surface area contributed by atoms with Crippen molar-refractivity contribution in [3.05, 3.63) is 36.0 Å². The van der Waals surface area contributed by atoms with Crippen molar-refractivity contribution in [2.45, 2.75) is 6.42 Å². The molecule has 0 aliphatic carbocycles. The fraction of sp³-hybridized carbons (Fsp3) is 0.154. The molecule has 1 amide bonds. The normalized spacial score (nSPS) is 9.90. The van der Waals surface area contributed by atoms with E-state index in [1.54, 1.807) is 6.07 Å². The number of nitrogens with one attached hydrogen (secondary N) is 2. The molecule has 0 bridgehead atoms. The smallest absolute Gasteiger partial charge is 0.305 e. The first kappa shape index (κ1) is 16.5. The van der Waals surface area contributed by atoms with Gasteiger partial charge in [0.15, 0.2) is 5.96 Å². The molecule has 1 aromatic heterocycles. The molecule has 2 aromatic rings. The molecule has 2 rings (SSSR count). The molecule has 0 aliphatic heterocycles. The van der Waals surface area contributed by atoms with Crippen LogP contribution in [0.25, 0.3) is 10.9 Å². The summed E-state index contributed by atoms with van der Waals surface area (Å²) in [6, 6.07) is 8.99. The summed E-state index contributed by atoms with van der Waals surface area (Å²) in [5.74, 6) is -2.05. The van der Waals surface area contributed by atoms with Crippen LogP contribution in [-0.2, 0) is 4.79 Å². The van der Waals surface area contributed by atoms with Gasteiger partial charge < -0.3 is 15.8 Å². The second kappa shape index (κ2) is 6.76. The summed E-state index contributed by atoms with van der Waals surface area (Å²) in [5, 5.41) is 16.9. The zero-order valence-electron chi connectivity index (χ0n) is 11.0. The van der Waals surface area contributed by atoms with Gasteiger partial charge in [-0.2, -0.15) is 0 Å². The van der Waals surface area contributed by atoms with E-state index in [0.717, 1.165) is 15.8 Å². The number of amides is 1. The van der Waals surface area contributed by atoms with Gasteiger partial charge in [-0.1, -0.05) is 18.2 Å². The maximum Gasteiger partial charge on any atom is 0.305 e. The lowest BCUT2D eigenvalue weighted by Gasteiger charge is -2.18. The van der Waals surface area contributed by atoms with Gasteiger partial charge in [-0.05, 0) is 12.1 Å². The van der Waals surface area contributed by atoms with Gasteiger partial charge in [0.1, 0.15) is 5.69 Å². The number of guanidine groups is 1. The molecule has 0 spiro atoms. The van der Waals surface area contributed by atoms with Crippen molar-refractivity contribution in [2.24, 2.45) is 5.73 Å². The lowest BCUT2D eigenvalue weighted by Crippen LogP contribution is -2.42. The number of nitrogens with two attached hydrogens (primary N) is 1. The Labute approximate surface area is 126 Å². The quantitative estimate of drug-likeness (QED) is 0.503. The number of hydrogen-bond donors (Lipinski definition) is 4. The Morgan fingerprint density at radius 3 is 2.57 bits per heavy atom. The number of carboxylic acids is 1. The van der Waals surface area contributed by atoms with Gasteiger partial charge in [-0.25, -0.2) is 0 Å². The molecule has 0 aliphatic rings. The lowest BCUT2D eigenvalue weighted by molar-refractivity contribution is -0.137. The number of aromatic nitrogens is 1. The molecule has 112 valence electrons. The number of benzene rings is 1.